The van der Waals surface area contributed by atoms with Gasteiger partial charge in [0, 0.05) is 23.8 Å². The minimum absolute atomic E-state index is 0.0199. The summed E-state index contributed by atoms with van der Waals surface area (Å²) in [4.78, 5) is 24.2. The molecule has 32 heavy (non-hydrogen) atoms. The Kier molecular flexibility index (Phi) is 10.1. The average Bonchev–Trinajstić information content (AvgIpc) is 3.37. The number of unbranched alkanes of at least 4 members (excludes halogenated alkanes) is 1. The van der Waals surface area contributed by atoms with Gasteiger partial charge < -0.3 is 20.5 Å². The van der Waals surface area contributed by atoms with Gasteiger partial charge in [-0.15, -0.1) is 11.8 Å². The Labute approximate surface area is 195 Å². The molecule has 2 fully saturated rings. The highest BCUT2D eigenvalue weighted by Crippen LogP contribution is 2.44. The summed E-state index contributed by atoms with van der Waals surface area (Å²) in [5.41, 5.74) is 0.881. The molecular formula is C25H36N2O4S. The number of ether oxygens (including phenoxy) is 1. The van der Waals surface area contributed by atoms with Crippen LogP contribution in [0.4, 0.5) is 5.69 Å². The van der Waals surface area contributed by atoms with Crippen LogP contribution >= 0.6 is 11.8 Å². The highest BCUT2D eigenvalue weighted by atomic mass is 32.2. The van der Waals surface area contributed by atoms with Gasteiger partial charge in [0.1, 0.15) is 0 Å². The summed E-state index contributed by atoms with van der Waals surface area (Å²) >= 11 is 1.77. The molecule has 2 bridgehead atoms. The maximum atomic E-state index is 12.5. The fourth-order valence-corrected chi connectivity index (χ4v) is 5.55. The first-order valence-corrected chi connectivity index (χ1v) is 12.8. The number of rotatable bonds is 14. The summed E-state index contributed by atoms with van der Waals surface area (Å²) in [6.45, 7) is 3.22. The minimum atomic E-state index is -0.738. The number of carbonyl (C=O) groups excluding carboxylic acids is 1. The molecule has 2 aliphatic heterocycles. The zero-order valence-electron chi connectivity index (χ0n) is 18.9. The summed E-state index contributed by atoms with van der Waals surface area (Å²) < 4.78 is 6.16. The minimum Gasteiger partial charge on any atom is -0.481 e. The third-order valence-electron chi connectivity index (χ3n) is 6.22. The number of thioether (sulfide) groups is 1. The number of carboxylic acids is 1. The van der Waals surface area contributed by atoms with Crippen LogP contribution in [0.2, 0.25) is 0 Å². The maximum Gasteiger partial charge on any atom is 0.303 e. The Morgan fingerprint density at radius 3 is 2.75 bits per heavy atom. The van der Waals surface area contributed by atoms with Crippen molar-refractivity contribution in [3.05, 3.63) is 36.4 Å². The predicted octanol–water partition coefficient (Wildman–Crippen LogP) is 4.71. The summed E-state index contributed by atoms with van der Waals surface area (Å²) in [5, 5.41) is 15.1. The van der Waals surface area contributed by atoms with Crippen LogP contribution in [-0.4, -0.2) is 48.0 Å². The first kappa shape index (κ1) is 24.8. The lowest BCUT2D eigenvalue weighted by Crippen LogP contribution is -2.38. The largest absolute Gasteiger partial charge is 0.481 e. The number of nitrogens with one attached hydrogen (secondary N) is 2. The van der Waals surface area contributed by atoms with Crippen LogP contribution in [0.15, 0.2) is 41.3 Å². The maximum absolute atomic E-state index is 12.5. The highest BCUT2D eigenvalue weighted by Gasteiger charge is 2.47. The third-order valence-corrected chi connectivity index (χ3v) is 7.49. The molecule has 0 unspecified atom stereocenters. The van der Waals surface area contributed by atoms with E-state index in [1.54, 1.807) is 11.8 Å². The third kappa shape index (κ3) is 7.36. The number of aliphatic carboxylic acids is 1. The van der Waals surface area contributed by atoms with Gasteiger partial charge in [-0.2, -0.15) is 0 Å². The van der Waals surface area contributed by atoms with Crippen LogP contribution in [0.3, 0.4) is 0 Å². The molecule has 6 nitrogen and oxygen atoms in total. The van der Waals surface area contributed by atoms with E-state index in [2.05, 4.69) is 35.8 Å². The molecule has 0 spiro atoms. The Bertz CT molecular complexity index is 785. The monoisotopic (exact) mass is 460 g/mol. The lowest BCUT2D eigenvalue weighted by Gasteiger charge is -2.27. The summed E-state index contributed by atoms with van der Waals surface area (Å²) in [6.07, 6.45) is 10.8. The number of fused-ring (bicyclic) bond motifs is 2. The molecule has 0 radical (unpaired) electrons. The topological polar surface area (TPSA) is 87.7 Å². The van der Waals surface area contributed by atoms with Crippen LogP contribution < -0.4 is 10.6 Å². The molecule has 1 aromatic rings. The van der Waals surface area contributed by atoms with Crippen molar-refractivity contribution < 1.29 is 19.4 Å². The number of para-hydroxylation sites is 1. The average molecular weight is 461 g/mol. The van der Waals surface area contributed by atoms with Crippen LogP contribution in [0, 0.1) is 11.8 Å². The number of amides is 1. The van der Waals surface area contributed by atoms with E-state index in [4.69, 9.17) is 9.84 Å². The Balaban J connectivity index is 1.42. The van der Waals surface area contributed by atoms with Gasteiger partial charge in [0.05, 0.1) is 24.4 Å². The molecule has 176 valence electrons. The molecule has 0 aliphatic carbocycles. The van der Waals surface area contributed by atoms with Crippen LogP contribution in [-0.2, 0) is 14.3 Å². The van der Waals surface area contributed by atoms with Crippen molar-refractivity contribution in [1.29, 1.82) is 0 Å². The number of hydrogen-bond donors (Lipinski definition) is 3. The normalized spacial score (nSPS) is 24.3. The van der Waals surface area contributed by atoms with Crippen molar-refractivity contribution in [2.24, 2.45) is 11.8 Å². The van der Waals surface area contributed by atoms with E-state index in [1.165, 1.54) is 0 Å². The molecule has 3 rings (SSSR count). The van der Waals surface area contributed by atoms with Gasteiger partial charge in [-0.25, -0.2) is 0 Å². The fourth-order valence-electron chi connectivity index (χ4n) is 4.68. The number of benzene rings is 1. The van der Waals surface area contributed by atoms with Crippen molar-refractivity contribution in [3.63, 3.8) is 0 Å². The molecule has 2 aliphatic rings. The molecule has 4 atom stereocenters. The van der Waals surface area contributed by atoms with E-state index in [1.807, 2.05) is 18.2 Å². The van der Waals surface area contributed by atoms with Gasteiger partial charge in [0.2, 0.25) is 5.91 Å². The van der Waals surface area contributed by atoms with E-state index < -0.39 is 5.97 Å². The summed E-state index contributed by atoms with van der Waals surface area (Å²) in [6, 6.07) is 7.96. The second-order valence-electron chi connectivity index (χ2n) is 8.63. The van der Waals surface area contributed by atoms with E-state index in [9.17, 15) is 9.59 Å². The number of hydrogen-bond acceptors (Lipinski definition) is 5. The van der Waals surface area contributed by atoms with E-state index >= 15 is 0 Å². The number of carboxylic acid groups (broad SMARTS) is 1. The smallest absolute Gasteiger partial charge is 0.303 e. The zero-order valence-corrected chi connectivity index (χ0v) is 19.7. The van der Waals surface area contributed by atoms with Gasteiger partial charge in [-0.1, -0.05) is 31.2 Å². The van der Waals surface area contributed by atoms with Gasteiger partial charge in [0.25, 0.3) is 0 Å². The van der Waals surface area contributed by atoms with Crippen LogP contribution in [0.5, 0.6) is 0 Å². The van der Waals surface area contributed by atoms with E-state index in [0.29, 0.717) is 30.9 Å². The molecule has 2 saturated heterocycles. The molecule has 1 amide bonds. The number of anilines is 1. The summed E-state index contributed by atoms with van der Waals surface area (Å²) in [5.74, 6) is 1.15. The van der Waals surface area contributed by atoms with Gasteiger partial charge in [0.15, 0.2) is 0 Å². The SMILES string of the molecule is CCCSc1ccccc1NC(=O)CNC[C@H]1[C@@H](CC=CCCCC(=O)O)[C@H]2CC[C@@H]1O2. The molecule has 1 aromatic carbocycles. The lowest BCUT2D eigenvalue weighted by molar-refractivity contribution is -0.137. The first-order valence-electron chi connectivity index (χ1n) is 11.8. The zero-order chi connectivity index (χ0) is 22.8. The Morgan fingerprint density at radius 2 is 1.97 bits per heavy atom. The van der Waals surface area contributed by atoms with Crippen molar-refractivity contribution >= 4 is 29.3 Å². The quantitative estimate of drug-likeness (QED) is 0.212. The highest BCUT2D eigenvalue weighted by molar-refractivity contribution is 7.99. The molecule has 2 heterocycles. The lowest BCUT2D eigenvalue weighted by atomic mass is 9.77. The van der Waals surface area contributed by atoms with Crippen LogP contribution in [0.1, 0.15) is 51.9 Å². The van der Waals surface area contributed by atoms with Crippen molar-refractivity contribution in [3.8, 4) is 0 Å². The van der Waals surface area contributed by atoms with E-state index in [0.717, 1.165) is 55.0 Å². The molecule has 7 heteroatoms. The van der Waals surface area contributed by atoms with Gasteiger partial charge >= 0.3 is 5.97 Å². The number of allylic oxidation sites excluding steroid dienone is 2. The van der Waals surface area contributed by atoms with Gasteiger partial charge in [-0.3, -0.25) is 9.59 Å². The summed E-state index contributed by atoms with van der Waals surface area (Å²) in [7, 11) is 0. The fraction of sp³-hybridized carbons (Fsp3) is 0.600. The van der Waals surface area contributed by atoms with Crippen molar-refractivity contribution in [2.75, 3.05) is 24.2 Å². The molecular weight excluding hydrogens is 424 g/mol. The molecule has 0 aromatic heterocycles. The second-order valence-corrected chi connectivity index (χ2v) is 9.77. The predicted molar refractivity (Wildman–Crippen MR) is 129 cm³/mol. The van der Waals surface area contributed by atoms with Crippen molar-refractivity contribution in [2.45, 2.75) is 69.0 Å². The Morgan fingerprint density at radius 1 is 1.19 bits per heavy atom. The Hall–Kier alpha value is -1.83. The number of carbonyl (C=O) groups is 2. The standard InChI is InChI=1S/C25H36N2O4S/c1-2-15-32-23-11-8-7-10-20(23)27-24(28)17-26-16-19-18(21-13-14-22(19)31-21)9-5-3-4-6-12-25(29)30/h3,5,7-8,10-11,18-19,21-22,26H,2,4,6,9,12-17H2,1H3,(H,27,28)(H,29,30)/t18-,19+,21-,22+/m1/s1. The van der Waals surface area contributed by atoms with Gasteiger partial charge in [-0.05, 0) is 62.3 Å². The van der Waals surface area contributed by atoms with Crippen molar-refractivity contribution in [1.82, 2.24) is 5.32 Å². The molecule has 3 N–H and O–H groups in total. The first-order chi connectivity index (χ1) is 15.6. The van der Waals surface area contributed by atoms with E-state index in [-0.39, 0.29) is 18.4 Å². The second kappa shape index (κ2) is 13.0. The van der Waals surface area contributed by atoms with Crippen LogP contribution in [0.25, 0.3) is 0 Å². The molecule has 0 saturated carbocycles.